The number of carboxylic acid groups (broad SMARTS) is 1. The number of amides is 3. The van der Waals surface area contributed by atoms with Gasteiger partial charge in [-0.1, -0.05) is 29.8 Å². The molecule has 1 saturated heterocycles. The number of hydrogen-bond acceptors (Lipinski definition) is 8. The lowest BCUT2D eigenvalue weighted by atomic mass is 9.97. The van der Waals surface area contributed by atoms with Crippen LogP contribution in [0.3, 0.4) is 0 Å². The molecule has 2 aromatic carbocycles. The number of nitrogens with one attached hydrogen (secondary N) is 1. The molecule has 3 amide bonds. The lowest BCUT2D eigenvalue weighted by molar-refractivity contribution is -0.136. The monoisotopic (exact) mass is 623 g/mol. The average molecular weight is 624 g/mol. The van der Waals surface area contributed by atoms with Crippen molar-refractivity contribution in [3.8, 4) is 5.75 Å². The zero-order valence-corrected chi connectivity index (χ0v) is 25.3. The van der Waals surface area contributed by atoms with Gasteiger partial charge in [0.1, 0.15) is 42.2 Å². The number of amidine groups is 1. The minimum Gasteiger partial charge on any atom is -0.487 e. The van der Waals surface area contributed by atoms with Crippen LogP contribution in [0.5, 0.6) is 5.75 Å². The topological polar surface area (TPSA) is 142 Å². The quantitative estimate of drug-likeness (QED) is 0.286. The highest BCUT2D eigenvalue weighted by atomic mass is 35.5. The first-order chi connectivity index (χ1) is 20.4. The Morgan fingerprint density at radius 3 is 2.51 bits per heavy atom. The van der Waals surface area contributed by atoms with E-state index in [4.69, 9.17) is 21.3 Å². The number of nitrogens with zero attached hydrogens (tertiary/aromatic N) is 4. The minimum atomic E-state index is -1.24. The van der Waals surface area contributed by atoms with Crippen molar-refractivity contribution < 1.29 is 29.0 Å². The van der Waals surface area contributed by atoms with Gasteiger partial charge in [-0.05, 0) is 68.2 Å². The number of ketones is 1. The largest absolute Gasteiger partial charge is 0.487 e. The first-order valence-electron chi connectivity index (χ1n) is 13.6. The molecule has 5 rings (SSSR count). The Labute approximate surface area is 257 Å². The summed E-state index contributed by atoms with van der Waals surface area (Å²) in [5, 5.41) is 14.3. The number of rotatable bonds is 7. The van der Waals surface area contributed by atoms with Crippen LogP contribution < -0.4 is 10.1 Å². The molecule has 3 aromatic rings. The Balaban J connectivity index is 1.69. The summed E-state index contributed by atoms with van der Waals surface area (Å²) < 4.78 is 10.9. The van der Waals surface area contributed by atoms with E-state index in [0.717, 1.165) is 5.56 Å². The maximum absolute atomic E-state index is 14.3. The van der Waals surface area contributed by atoms with Gasteiger partial charge < -0.3 is 20.1 Å². The van der Waals surface area contributed by atoms with Gasteiger partial charge in [0.25, 0.3) is 0 Å². The number of carbonyl (C=O) groups excluding carboxylic acids is 3. The molecule has 2 atom stereocenters. The van der Waals surface area contributed by atoms with Crippen molar-refractivity contribution in [2.45, 2.75) is 44.9 Å². The van der Waals surface area contributed by atoms with Crippen molar-refractivity contribution >= 4 is 52.7 Å². The third-order valence-electron chi connectivity index (χ3n) is 6.83. The summed E-state index contributed by atoms with van der Waals surface area (Å²) in [5.74, 6) is -1.57. The summed E-state index contributed by atoms with van der Waals surface area (Å²) in [6.07, 6.45) is -0.679. The molecule has 43 heavy (non-hydrogen) atoms. The van der Waals surface area contributed by atoms with Crippen molar-refractivity contribution in [1.82, 2.24) is 19.5 Å². The van der Waals surface area contributed by atoms with Gasteiger partial charge in [-0.2, -0.15) is 4.37 Å². The second-order valence-electron chi connectivity index (χ2n) is 11.2. The number of hydrogen-bond donors (Lipinski definition) is 2. The van der Waals surface area contributed by atoms with E-state index < -0.39 is 41.9 Å². The molecule has 11 nitrogen and oxygen atoms in total. The first kappa shape index (κ1) is 30.2. The van der Waals surface area contributed by atoms with E-state index in [2.05, 4.69) is 9.69 Å². The van der Waals surface area contributed by atoms with Crippen molar-refractivity contribution in [3.63, 3.8) is 0 Å². The van der Waals surface area contributed by atoms with Crippen molar-refractivity contribution in [3.05, 3.63) is 81.3 Å². The summed E-state index contributed by atoms with van der Waals surface area (Å²) in [6, 6.07) is 11.9. The molecule has 3 heterocycles. The molecule has 13 heteroatoms. The van der Waals surface area contributed by atoms with E-state index >= 15 is 0 Å². The summed E-state index contributed by atoms with van der Waals surface area (Å²) in [7, 11) is 0. The second-order valence-corrected chi connectivity index (χ2v) is 12.3. The fourth-order valence-electron chi connectivity index (χ4n) is 5.02. The van der Waals surface area contributed by atoms with Crippen LogP contribution in [0, 0.1) is 0 Å². The highest BCUT2D eigenvalue weighted by Crippen LogP contribution is 2.45. The van der Waals surface area contributed by atoms with Crippen LogP contribution in [0.4, 0.5) is 4.79 Å². The number of aromatic nitrogens is 1. The van der Waals surface area contributed by atoms with Crippen LogP contribution in [-0.2, 0) is 9.59 Å². The van der Waals surface area contributed by atoms with Crippen LogP contribution in [-0.4, -0.2) is 74.0 Å². The number of ether oxygens (including phenoxy) is 1. The zero-order chi connectivity index (χ0) is 30.9. The molecular weight excluding hydrogens is 594 g/mol. The van der Waals surface area contributed by atoms with E-state index in [1.807, 2.05) is 44.4 Å². The SMILES string of the molecule is CC(C)(C)Oc1cc(C(=O)CC(=O)O)ccc1C1=NC(c2ccc(Cl)cc2)C(c2ccsn2)N1C(=O)N1CCNC(=O)C1. The van der Waals surface area contributed by atoms with E-state index in [1.165, 1.54) is 33.5 Å². The highest BCUT2D eigenvalue weighted by Gasteiger charge is 2.46. The number of Topliss-reactive ketones (excluding diaryl/α,β-unsaturated/α-hetero) is 1. The molecule has 0 radical (unpaired) electrons. The summed E-state index contributed by atoms with van der Waals surface area (Å²) in [4.78, 5) is 58.7. The van der Waals surface area contributed by atoms with Gasteiger partial charge in [0.2, 0.25) is 5.91 Å². The van der Waals surface area contributed by atoms with Gasteiger partial charge in [0.15, 0.2) is 5.78 Å². The number of carbonyl (C=O) groups is 4. The lowest BCUT2D eigenvalue weighted by Crippen LogP contribution is -2.55. The van der Waals surface area contributed by atoms with Gasteiger partial charge in [-0.3, -0.25) is 24.3 Å². The fraction of sp³-hybridized carbons (Fsp3) is 0.333. The van der Waals surface area contributed by atoms with Crippen LogP contribution in [0.2, 0.25) is 5.02 Å². The van der Waals surface area contributed by atoms with E-state index in [-0.39, 0.29) is 29.6 Å². The molecule has 2 unspecified atom stereocenters. The number of piperazine rings is 1. The Bertz CT molecular complexity index is 1590. The molecule has 224 valence electrons. The number of halogens is 1. The van der Waals surface area contributed by atoms with E-state index in [0.29, 0.717) is 29.4 Å². The predicted octanol–water partition coefficient (Wildman–Crippen LogP) is 4.73. The minimum absolute atomic E-state index is 0.119. The molecule has 0 aliphatic carbocycles. The smallest absolute Gasteiger partial charge is 0.326 e. The molecule has 0 bridgehead atoms. The molecule has 0 saturated carbocycles. The molecule has 2 N–H and O–H groups in total. The number of urea groups is 1. The average Bonchev–Trinajstić information content (AvgIpc) is 3.60. The maximum atomic E-state index is 14.3. The van der Waals surface area contributed by atoms with Crippen LogP contribution in [0.15, 0.2) is 58.9 Å². The van der Waals surface area contributed by atoms with Crippen LogP contribution >= 0.6 is 23.1 Å². The van der Waals surface area contributed by atoms with Crippen molar-refractivity contribution in [1.29, 1.82) is 0 Å². The Hall–Kier alpha value is -4.29. The molecular formula is C30H30ClN5O6S. The lowest BCUT2D eigenvalue weighted by Gasteiger charge is -2.35. The van der Waals surface area contributed by atoms with Gasteiger partial charge >= 0.3 is 12.0 Å². The molecule has 1 fully saturated rings. The van der Waals surface area contributed by atoms with E-state index in [1.54, 1.807) is 18.2 Å². The Kier molecular flexibility index (Phi) is 8.52. The van der Waals surface area contributed by atoms with E-state index in [9.17, 15) is 24.3 Å². The predicted molar refractivity (Wildman–Crippen MR) is 161 cm³/mol. The second kappa shape index (κ2) is 12.1. The normalized spacial score (nSPS) is 18.7. The molecule has 2 aliphatic rings. The first-order valence-corrected chi connectivity index (χ1v) is 14.8. The molecule has 0 spiro atoms. The number of aliphatic carboxylic acids is 1. The molecule has 2 aliphatic heterocycles. The standard InChI is InChI=1S/C30H30ClN5O6S/c1-30(2,3)42-23-14-18(22(37)15-25(39)40)6-9-20(23)28-33-26(17-4-7-19(31)8-5-17)27(21-10-13-43-34-21)36(28)29(41)35-12-11-32-24(38)16-35/h4-10,13-14,26-27H,11-12,15-16H2,1-3H3,(H,32,38)(H,39,40). The van der Waals surface area contributed by atoms with Crippen LogP contribution in [0.25, 0.3) is 0 Å². The summed E-state index contributed by atoms with van der Waals surface area (Å²) >= 11 is 7.44. The van der Waals surface area contributed by atoms with Gasteiger partial charge in [0.05, 0.1) is 11.3 Å². The summed E-state index contributed by atoms with van der Waals surface area (Å²) in [6.45, 7) is 6.00. The Morgan fingerprint density at radius 1 is 1.14 bits per heavy atom. The zero-order valence-electron chi connectivity index (χ0n) is 23.7. The fourth-order valence-corrected chi connectivity index (χ4v) is 5.70. The third kappa shape index (κ3) is 6.70. The number of aliphatic imine (C=N–C) groups is 1. The van der Waals surface area contributed by atoms with Gasteiger partial charge in [0, 0.05) is 29.1 Å². The summed E-state index contributed by atoms with van der Waals surface area (Å²) in [5.41, 5.74) is 1.27. The molecule has 1 aromatic heterocycles. The van der Waals surface area contributed by atoms with Gasteiger partial charge in [-0.25, -0.2) is 4.79 Å². The maximum Gasteiger partial charge on any atom is 0.326 e. The van der Waals surface area contributed by atoms with Crippen LogP contribution in [0.1, 0.15) is 66.5 Å². The van der Waals surface area contributed by atoms with Crippen molar-refractivity contribution in [2.24, 2.45) is 4.99 Å². The third-order valence-corrected chi connectivity index (χ3v) is 7.65. The Morgan fingerprint density at radius 2 is 1.88 bits per heavy atom. The number of benzene rings is 2. The van der Waals surface area contributed by atoms with Gasteiger partial charge in [-0.15, -0.1) is 0 Å². The van der Waals surface area contributed by atoms with Crippen molar-refractivity contribution in [2.75, 3.05) is 19.6 Å². The highest BCUT2D eigenvalue weighted by molar-refractivity contribution is 7.03. The number of carboxylic acids is 1.